The van der Waals surface area contributed by atoms with Crippen LogP contribution in [0.3, 0.4) is 0 Å². The van der Waals surface area contributed by atoms with Crippen molar-refractivity contribution < 1.29 is 18.9 Å². The average molecular weight is 108 g/mol. The molecule has 0 rings (SSSR count). The molecule has 0 aliphatic heterocycles. The molecule has 0 aromatic carbocycles. The molecule has 0 radical (unpaired) electrons. The molecule has 0 aromatic heterocycles. The van der Waals surface area contributed by atoms with Gasteiger partial charge in [-0.2, -0.15) is 18.6 Å². The molecule has 0 spiro atoms. The van der Waals surface area contributed by atoms with E-state index in [0.717, 1.165) is 0 Å². The zero-order valence-corrected chi connectivity index (χ0v) is 6.91. The molecule has 0 aliphatic carbocycles. The van der Waals surface area contributed by atoms with Crippen LogP contribution in [0, 0.1) is 0 Å². The van der Waals surface area contributed by atoms with Crippen LogP contribution in [0.15, 0.2) is 0 Å². The summed E-state index contributed by atoms with van der Waals surface area (Å²) in [4.78, 5) is 0. The zero-order valence-electron chi connectivity index (χ0n) is 5.91. The minimum Gasteiger partial charge on any atom is -0.264 e. The summed E-state index contributed by atoms with van der Waals surface area (Å²) in [5.74, 6) is 0. The summed E-state index contributed by atoms with van der Waals surface area (Å²) in [6, 6.07) is 2.86. The Kier molecular flexibility index (Phi) is 10.4. The number of hydrogen-bond donors (Lipinski definition) is 0. The maximum absolute atomic E-state index is 2.38. The minimum absolute atomic E-state index is 0. The smallest absolute Gasteiger partial charge is 0.264 e. The second-order valence-electron chi connectivity index (χ2n) is 1.66. The van der Waals surface area contributed by atoms with Gasteiger partial charge in [0.1, 0.15) is 0 Å². The summed E-state index contributed by atoms with van der Waals surface area (Å²) in [5, 5.41) is 0. The number of rotatable bonds is 2. The van der Waals surface area contributed by atoms with Gasteiger partial charge in [-0.3, -0.25) is 8.80 Å². The van der Waals surface area contributed by atoms with E-state index in [1.54, 1.807) is 0 Å². The molecule has 0 saturated carbocycles. The largest absolute Gasteiger partial charge is 1.00 e. The van der Waals surface area contributed by atoms with E-state index in [1.165, 1.54) is 12.1 Å². The first-order valence-electron chi connectivity index (χ1n) is 2.62. The van der Waals surface area contributed by atoms with E-state index >= 15 is 0 Å². The fourth-order valence-corrected chi connectivity index (χ4v) is 0.750. The molecule has 0 atom stereocenters. The van der Waals surface area contributed by atoms with Crippen LogP contribution in [0.2, 0.25) is 18.6 Å². The molecule has 38 valence electrons. The summed E-state index contributed by atoms with van der Waals surface area (Å²) < 4.78 is 0. The third-order valence-corrected chi connectivity index (χ3v) is 3.62. The van der Waals surface area contributed by atoms with Crippen molar-refractivity contribution >= 4 is 8.80 Å². The van der Waals surface area contributed by atoms with E-state index in [-0.39, 0.29) is 27.7 Å². The maximum atomic E-state index is 2.38. The van der Waals surface area contributed by atoms with Gasteiger partial charge in [-0.1, -0.05) is 13.8 Å². The topological polar surface area (TPSA) is 0 Å². The first-order valence-corrected chi connectivity index (χ1v) is 5.04. The molecule has 0 unspecified atom stereocenters. The first-order chi connectivity index (χ1) is 2.81. The van der Waals surface area contributed by atoms with Crippen LogP contribution < -0.4 is 18.9 Å². The average Bonchev–Trinajstić information content (AvgIpc) is 1.65. The van der Waals surface area contributed by atoms with Crippen molar-refractivity contribution in [3.8, 4) is 0 Å². The van der Waals surface area contributed by atoms with Gasteiger partial charge in [-0.05, 0) is 0 Å². The second kappa shape index (κ2) is 6.81. The van der Waals surface area contributed by atoms with Gasteiger partial charge in [-0.15, -0.1) is 0 Å². The van der Waals surface area contributed by atoms with Crippen LogP contribution in [-0.2, 0) is 0 Å². The Morgan fingerprint density at radius 3 is 1.43 bits per heavy atom. The van der Waals surface area contributed by atoms with Crippen LogP contribution in [0.1, 0.15) is 13.8 Å². The van der Waals surface area contributed by atoms with Crippen LogP contribution in [0.4, 0.5) is 0 Å². The molecule has 0 aliphatic rings. The molecular weight excluding hydrogens is 95.1 g/mol. The second-order valence-corrected chi connectivity index (χ2v) is 4.99. The summed E-state index contributed by atoms with van der Waals surface area (Å²) >= 11 is 0. The minimum atomic E-state index is 0. The summed E-state index contributed by atoms with van der Waals surface area (Å²) in [5.41, 5.74) is 0. The normalized spacial score (nSPS) is 8.57. The van der Waals surface area contributed by atoms with Crippen LogP contribution in [-0.4, -0.2) is 8.80 Å². The van der Waals surface area contributed by atoms with Gasteiger partial charge in [-0.25, -0.2) is 0 Å². The van der Waals surface area contributed by atoms with E-state index in [4.69, 9.17) is 0 Å². The Labute approximate surface area is 60.5 Å². The van der Waals surface area contributed by atoms with Crippen molar-refractivity contribution in [3.05, 3.63) is 0 Å². The summed E-state index contributed by atoms with van der Waals surface area (Å²) in [6.45, 7) is 6.93. The molecule has 0 amide bonds. The van der Waals surface area contributed by atoms with Crippen molar-refractivity contribution in [2.24, 2.45) is 0 Å². The van der Waals surface area contributed by atoms with Crippen molar-refractivity contribution in [1.82, 2.24) is 0 Å². The number of hydrogen-bond acceptors (Lipinski definition) is 0. The van der Waals surface area contributed by atoms with E-state index in [1.807, 2.05) is 0 Å². The molecule has 7 heavy (non-hydrogen) atoms. The molecule has 0 N–H and O–H groups in total. The van der Waals surface area contributed by atoms with Gasteiger partial charge >= 0.3 is 18.9 Å². The van der Waals surface area contributed by atoms with E-state index in [9.17, 15) is 0 Å². The van der Waals surface area contributed by atoms with E-state index in [0.29, 0.717) is 0 Å². The summed E-state index contributed by atoms with van der Waals surface area (Å²) in [6.07, 6.45) is 0. The Balaban J connectivity index is 0. The van der Waals surface area contributed by atoms with Gasteiger partial charge in [0.05, 0.1) is 0 Å². The first kappa shape index (κ1) is 10.7. The van der Waals surface area contributed by atoms with Crippen molar-refractivity contribution in [1.29, 1.82) is 0 Å². The summed E-state index contributed by atoms with van der Waals surface area (Å²) in [7, 11) is 0.132. The zero-order chi connectivity index (χ0) is 4.99. The molecule has 0 bridgehead atoms. The van der Waals surface area contributed by atoms with E-state index < -0.39 is 0 Å². The molecule has 0 fully saturated rings. The van der Waals surface area contributed by atoms with Gasteiger partial charge in [0.2, 0.25) is 0 Å². The molecule has 0 heterocycles. The third-order valence-electron chi connectivity index (χ3n) is 1.21. The quantitative estimate of drug-likeness (QED) is 0.404. The molecular formula is C5H13LiSi. The van der Waals surface area contributed by atoms with Gasteiger partial charge < -0.3 is 0 Å². The van der Waals surface area contributed by atoms with Crippen LogP contribution >= 0.6 is 0 Å². The molecule has 0 aromatic rings. The predicted octanol–water partition coefficient (Wildman–Crippen LogP) is -0.845. The molecule has 2 heteroatoms. The third kappa shape index (κ3) is 6.81. The Hall–Kier alpha value is 0.814. The standard InChI is InChI=1S/C5H13Si.Li/c1-4-6(3)5-2;/h4-5H2,1-3H3;/q-1;+1. The van der Waals surface area contributed by atoms with Crippen LogP contribution in [0.5, 0.6) is 0 Å². The van der Waals surface area contributed by atoms with Crippen molar-refractivity contribution in [2.75, 3.05) is 0 Å². The fourth-order valence-electron chi connectivity index (χ4n) is 0.250. The molecule has 0 saturated heterocycles. The van der Waals surface area contributed by atoms with Crippen LogP contribution in [0.25, 0.3) is 0 Å². The van der Waals surface area contributed by atoms with Gasteiger partial charge in [0, 0.05) is 0 Å². The molecule has 0 nitrogen and oxygen atoms in total. The van der Waals surface area contributed by atoms with E-state index in [2.05, 4.69) is 20.4 Å². The van der Waals surface area contributed by atoms with Gasteiger partial charge in [0.15, 0.2) is 0 Å². The Morgan fingerprint density at radius 1 is 1.14 bits per heavy atom. The van der Waals surface area contributed by atoms with Crippen molar-refractivity contribution in [2.45, 2.75) is 32.5 Å². The monoisotopic (exact) mass is 108 g/mol. The Morgan fingerprint density at radius 2 is 1.43 bits per heavy atom. The maximum Gasteiger partial charge on any atom is 1.00 e. The van der Waals surface area contributed by atoms with Crippen molar-refractivity contribution in [3.63, 3.8) is 0 Å². The predicted molar refractivity (Wildman–Crippen MR) is 32.6 cm³/mol. The van der Waals surface area contributed by atoms with Gasteiger partial charge in [0.25, 0.3) is 0 Å². The SMILES string of the molecule is CC[Si-](C)CC.[Li+]. The Bertz CT molecular complexity index is 27.3. The fraction of sp³-hybridized carbons (Fsp3) is 1.00.